The maximum absolute atomic E-state index is 11.0. The number of hydrogen-bond donors (Lipinski definition) is 0. The van der Waals surface area contributed by atoms with Crippen molar-refractivity contribution in [2.75, 3.05) is 28.2 Å². The molecule has 5 unspecified atom stereocenters. The van der Waals surface area contributed by atoms with E-state index in [1.165, 1.54) is 96.2 Å². The van der Waals surface area contributed by atoms with Crippen LogP contribution in [0.4, 0.5) is 0 Å². The number of carbonyl (C=O) groups is 1. The van der Waals surface area contributed by atoms with Gasteiger partial charge in [-0.15, -0.1) is 0 Å². The maximum atomic E-state index is 11.0. The molecular weight excluding hydrogens is 632 g/mol. The number of aldehydes is 1. The van der Waals surface area contributed by atoms with E-state index in [4.69, 9.17) is 0 Å². The second-order valence-corrected chi connectivity index (χ2v) is 25.7. The number of nitrogens with zero attached hydrogens (tertiary/aromatic N) is 2. The summed E-state index contributed by atoms with van der Waals surface area (Å²) in [6, 6.07) is 1.39. The SMILES string of the molecule is C1CCCC1.C1CCCC1.CN(C)C1C(C=O)CCC1[Si](C)(C)C.CN(C)C1CCCC1[Si](C)(C)C.[CH3-].[CH3-].[CH3-].[CH3-].[Fe+2].[Fe+2]. The molecule has 0 bridgehead atoms. The van der Waals surface area contributed by atoms with E-state index in [1.807, 2.05) is 0 Å². The van der Waals surface area contributed by atoms with Crippen LogP contribution in [-0.4, -0.2) is 72.5 Å². The third kappa shape index (κ3) is 21.0. The average molecular weight is 711 g/mol. The second-order valence-electron chi connectivity index (χ2n) is 14.8. The fourth-order valence-corrected chi connectivity index (χ4v) is 12.5. The number of hydrogen-bond acceptors (Lipinski definition) is 3. The minimum atomic E-state index is -1.11. The summed E-state index contributed by atoms with van der Waals surface area (Å²) in [5.41, 5.74) is 1.82. The minimum Gasteiger partial charge on any atom is -0.358 e. The van der Waals surface area contributed by atoms with E-state index in [0.717, 1.165) is 23.5 Å². The summed E-state index contributed by atoms with van der Waals surface area (Å²) in [6.45, 7) is 14.8. The molecule has 0 N–H and O–H groups in total. The van der Waals surface area contributed by atoms with Crippen molar-refractivity contribution in [2.45, 2.75) is 159 Å². The van der Waals surface area contributed by atoms with E-state index in [9.17, 15) is 4.79 Å². The van der Waals surface area contributed by atoms with Gasteiger partial charge in [-0.1, -0.05) is 123 Å². The number of carbonyl (C=O) groups excluding carboxylic acids is 1. The van der Waals surface area contributed by atoms with Gasteiger partial charge in [0.15, 0.2) is 0 Å². The topological polar surface area (TPSA) is 23.6 Å². The van der Waals surface area contributed by atoms with Crippen molar-refractivity contribution in [1.29, 1.82) is 0 Å². The van der Waals surface area contributed by atoms with Crippen LogP contribution < -0.4 is 0 Å². The molecule has 42 heavy (non-hydrogen) atoms. The van der Waals surface area contributed by atoms with Crippen molar-refractivity contribution in [3.63, 3.8) is 0 Å². The molecule has 4 saturated carbocycles. The monoisotopic (exact) mass is 710 g/mol. The van der Waals surface area contributed by atoms with Gasteiger partial charge in [0.1, 0.15) is 6.29 Å². The minimum absolute atomic E-state index is 0. The second kappa shape index (κ2) is 28.3. The Labute approximate surface area is 292 Å². The van der Waals surface area contributed by atoms with Gasteiger partial charge in [0.2, 0.25) is 0 Å². The van der Waals surface area contributed by atoms with Gasteiger partial charge in [-0.3, -0.25) is 0 Å². The van der Waals surface area contributed by atoms with E-state index in [2.05, 4.69) is 77.3 Å². The van der Waals surface area contributed by atoms with Gasteiger partial charge in [-0.2, -0.15) is 0 Å². The van der Waals surface area contributed by atoms with Crippen LogP contribution in [0.1, 0.15) is 96.3 Å². The predicted molar refractivity (Wildman–Crippen MR) is 194 cm³/mol. The molecule has 0 aliphatic heterocycles. The van der Waals surface area contributed by atoms with Crippen molar-refractivity contribution < 1.29 is 38.9 Å². The summed E-state index contributed by atoms with van der Waals surface area (Å²) in [6.07, 6.45) is 22.9. The van der Waals surface area contributed by atoms with Crippen LogP contribution in [0.15, 0.2) is 0 Å². The summed E-state index contributed by atoms with van der Waals surface area (Å²) in [4.78, 5) is 15.7. The van der Waals surface area contributed by atoms with Crippen LogP contribution in [0.25, 0.3) is 0 Å². The predicted octanol–water partition coefficient (Wildman–Crippen LogP) is 10.7. The Morgan fingerprint density at radius 2 is 0.857 bits per heavy atom. The maximum Gasteiger partial charge on any atom is 2.00 e. The smallest absolute Gasteiger partial charge is 0.358 e. The zero-order valence-electron chi connectivity index (χ0n) is 31.1. The normalized spacial score (nSPS) is 26.0. The van der Waals surface area contributed by atoms with E-state index in [1.54, 1.807) is 0 Å². The Kier molecular flexibility index (Phi) is 37.4. The van der Waals surface area contributed by atoms with Gasteiger partial charge in [-0.05, 0) is 52.1 Å². The van der Waals surface area contributed by atoms with Crippen LogP contribution in [0.5, 0.6) is 0 Å². The van der Waals surface area contributed by atoms with Gasteiger partial charge in [0, 0.05) is 34.1 Å². The Hall–Kier alpha value is 1.06. The van der Waals surface area contributed by atoms with Crippen molar-refractivity contribution in [3.05, 3.63) is 29.7 Å². The summed E-state index contributed by atoms with van der Waals surface area (Å²) >= 11 is 0. The van der Waals surface area contributed by atoms with Crippen LogP contribution >= 0.6 is 0 Å². The molecule has 0 radical (unpaired) electrons. The fourth-order valence-electron chi connectivity index (χ4n) is 7.19. The van der Waals surface area contributed by atoms with Crippen LogP contribution in [0.3, 0.4) is 0 Å². The van der Waals surface area contributed by atoms with Crippen molar-refractivity contribution >= 4 is 22.4 Å². The largest absolute Gasteiger partial charge is 2.00 e. The van der Waals surface area contributed by atoms with Crippen LogP contribution in [0, 0.1) is 35.6 Å². The molecule has 0 aromatic carbocycles. The Bertz CT molecular complexity index is 561. The molecule has 7 heteroatoms. The molecule has 4 fully saturated rings. The quantitative estimate of drug-likeness (QED) is 0.161. The summed E-state index contributed by atoms with van der Waals surface area (Å²) in [7, 11) is 6.70. The van der Waals surface area contributed by atoms with Gasteiger partial charge < -0.3 is 44.3 Å². The van der Waals surface area contributed by atoms with Gasteiger partial charge in [-0.25, -0.2) is 0 Å². The molecule has 258 valence electrons. The first-order valence-electron chi connectivity index (χ1n) is 15.6. The molecular formula is C35H78Fe2N2OSi2. The zero-order valence-corrected chi connectivity index (χ0v) is 35.3. The van der Waals surface area contributed by atoms with E-state index in [0.29, 0.717) is 6.04 Å². The van der Waals surface area contributed by atoms with Gasteiger partial charge in [0.05, 0.1) is 0 Å². The summed E-state index contributed by atoms with van der Waals surface area (Å²) in [5, 5.41) is 0. The Morgan fingerprint density at radius 1 is 0.500 bits per heavy atom. The molecule has 4 aliphatic rings. The van der Waals surface area contributed by atoms with Gasteiger partial charge in [0.25, 0.3) is 0 Å². The van der Waals surface area contributed by atoms with E-state index < -0.39 is 16.1 Å². The Morgan fingerprint density at radius 3 is 1.10 bits per heavy atom. The molecule has 5 atom stereocenters. The molecule has 4 rings (SSSR count). The number of rotatable bonds is 5. The standard InChI is InChI=1S/C11H23NOSi.C10H23NSi.2C5H10.4CH3.2Fe/c1-12(2)11-9(8-13)6-7-10(11)14(3,4)5;1-11(2)9-7-6-8-10(9)12(3,4)5;2*1-2-4-5-3-1;;;;;;/h8-11H,6-7H2,1-5H3;9-10H,6-8H2,1-5H3;2*1-5H2;4*1H3;;/q;;;;4*-1;2*+2. The van der Waals surface area contributed by atoms with Crippen molar-refractivity contribution in [1.82, 2.24) is 9.80 Å². The molecule has 3 nitrogen and oxygen atoms in total. The van der Waals surface area contributed by atoms with E-state index in [-0.39, 0.29) is 69.8 Å². The third-order valence-electron chi connectivity index (χ3n) is 9.30. The first-order chi connectivity index (χ1) is 16.8. The van der Waals surface area contributed by atoms with E-state index >= 15 is 0 Å². The molecule has 0 aromatic heterocycles. The Balaban J connectivity index is -0.000000105. The van der Waals surface area contributed by atoms with Crippen molar-refractivity contribution in [2.24, 2.45) is 5.92 Å². The first-order valence-corrected chi connectivity index (χ1v) is 22.7. The first kappa shape index (κ1) is 55.5. The molecule has 0 heterocycles. The average Bonchev–Trinajstić information content (AvgIpc) is 3.61. The van der Waals surface area contributed by atoms with Crippen molar-refractivity contribution in [3.8, 4) is 0 Å². The molecule has 0 saturated heterocycles. The third-order valence-corrected chi connectivity index (χ3v) is 15.1. The molecule has 0 aromatic rings. The van der Waals surface area contributed by atoms with Crippen LogP contribution in [-0.2, 0) is 38.9 Å². The summed E-state index contributed by atoms with van der Waals surface area (Å²) in [5.74, 6) is 0.279. The van der Waals surface area contributed by atoms with Gasteiger partial charge >= 0.3 is 34.1 Å². The summed E-state index contributed by atoms with van der Waals surface area (Å²) < 4.78 is 0. The fraction of sp³-hybridized carbons (Fsp3) is 0.857. The molecule has 4 aliphatic carbocycles. The van der Waals surface area contributed by atoms with Crippen LogP contribution in [0.2, 0.25) is 50.4 Å². The molecule has 0 spiro atoms. The zero-order chi connectivity index (χ0) is 27.4. The molecule has 0 amide bonds.